The van der Waals surface area contributed by atoms with Crippen LogP contribution in [0.1, 0.15) is 22.7 Å². The van der Waals surface area contributed by atoms with Crippen LogP contribution in [-0.4, -0.2) is 31.0 Å². The van der Waals surface area contributed by atoms with E-state index in [2.05, 4.69) is 0 Å². The van der Waals surface area contributed by atoms with Gasteiger partial charge in [0.05, 0.1) is 25.8 Å². The second-order valence-electron chi connectivity index (χ2n) is 7.61. The van der Waals surface area contributed by atoms with Gasteiger partial charge in [0.1, 0.15) is 23.1 Å². The Morgan fingerprint density at radius 1 is 0.970 bits per heavy atom. The van der Waals surface area contributed by atoms with Crippen molar-refractivity contribution in [3.05, 3.63) is 94.8 Å². The highest BCUT2D eigenvalue weighted by molar-refractivity contribution is 6.51. The summed E-state index contributed by atoms with van der Waals surface area (Å²) in [4.78, 5) is 27.6. The Labute approximate surface area is 190 Å². The quantitative estimate of drug-likeness (QED) is 0.346. The molecule has 3 aromatic rings. The van der Waals surface area contributed by atoms with Crippen LogP contribution in [0.2, 0.25) is 0 Å². The smallest absolute Gasteiger partial charge is 0.300 e. The van der Waals surface area contributed by atoms with Crippen LogP contribution in [0.4, 0.5) is 10.1 Å². The van der Waals surface area contributed by atoms with Crippen molar-refractivity contribution in [3.63, 3.8) is 0 Å². The van der Waals surface area contributed by atoms with Gasteiger partial charge in [0.2, 0.25) is 0 Å². The Balaban J connectivity index is 1.94. The van der Waals surface area contributed by atoms with E-state index in [-0.39, 0.29) is 11.3 Å². The number of carbonyl (C=O) groups is 2. The highest BCUT2D eigenvalue weighted by Gasteiger charge is 2.47. The molecule has 1 amide bonds. The normalized spacial score (nSPS) is 17.3. The van der Waals surface area contributed by atoms with Crippen LogP contribution >= 0.6 is 0 Å². The zero-order chi connectivity index (χ0) is 23.7. The molecule has 33 heavy (non-hydrogen) atoms. The summed E-state index contributed by atoms with van der Waals surface area (Å²) in [6.07, 6.45) is 0. The third-order valence-electron chi connectivity index (χ3n) is 5.63. The summed E-state index contributed by atoms with van der Waals surface area (Å²) in [5.74, 6) is -1.28. The van der Waals surface area contributed by atoms with E-state index in [0.29, 0.717) is 28.3 Å². The maximum absolute atomic E-state index is 13.5. The number of nitrogens with zero attached hydrogens (tertiary/aromatic N) is 1. The van der Waals surface area contributed by atoms with E-state index in [1.54, 1.807) is 49.6 Å². The fraction of sp³-hybridized carbons (Fsp3) is 0.154. The molecule has 0 saturated carbocycles. The minimum Gasteiger partial charge on any atom is -0.507 e. The molecule has 1 aliphatic rings. The van der Waals surface area contributed by atoms with Crippen LogP contribution in [0.3, 0.4) is 0 Å². The average Bonchev–Trinajstić information content (AvgIpc) is 3.09. The van der Waals surface area contributed by atoms with Gasteiger partial charge < -0.3 is 14.6 Å². The lowest BCUT2D eigenvalue weighted by molar-refractivity contribution is -0.132. The summed E-state index contributed by atoms with van der Waals surface area (Å²) in [5, 5.41) is 11.2. The van der Waals surface area contributed by atoms with Gasteiger partial charge in [-0.25, -0.2) is 4.39 Å². The van der Waals surface area contributed by atoms with Crippen molar-refractivity contribution in [3.8, 4) is 11.5 Å². The van der Waals surface area contributed by atoms with E-state index in [1.807, 2.05) is 6.92 Å². The summed E-state index contributed by atoms with van der Waals surface area (Å²) in [5.41, 5.74) is 1.95. The minimum absolute atomic E-state index is 0.0675. The Kier molecular flexibility index (Phi) is 5.87. The number of amides is 1. The number of aryl methyl sites for hydroxylation is 1. The average molecular weight is 447 g/mol. The summed E-state index contributed by atoms with van der Waals surface area (Å²) in [7, 11) is 3.05. The first-order valence-corrected chi connectivity index (χ1v) is 10.2. The van der Waals surface area contributed by atoms with Gasteiger partial charge >= 0.3 is 0 Å². The number of carbonyl (C=O) groups excluding carboxylic acids is 2. The maximum atomic E-state index is 13.5. The van der Waals surface area contributed by atoms with Crippen molar-refractivity contribution in [2.75, 3.05) is 19.1 Å². The molecule has 1 N–H and O–H groups in total. The van der Waals surface area contributed by atoms with Gasteiger partial charge in [0, 0.05) is 11.3 Å². The van der Waals surface area contributed by atoms with E-state index in [4.69, 9.17) is 9.47 Å². The SMILES string of the molecule is COc1cccc(C2/C(=C(/O)c3ccc(OC)c(C)c3)C(=O)C(=O)N2c2ccc(F)cc2)c1. The topological polar surface area (TPSA) is 76.1 Å². The Morgan fingerprint density at radius 3 is 2.33 bits per heavy atom. The van der Waals surface area contributed by atoms with E-state index in [9.17, 15) is 19.1 Å². The third kappa shape index (κ3) is 3.93. The molecule has 0 aromatic heterocycles. The maximum Gasteiger partial charge on any atom is 0.300 e. The van der Waals surface area contributed by atoms with Crippen LogP contribution in [0.15, 0.2) is 72.3 Å². The third-order valence-corrected chi connectivity index (χ3v) is 5.63. The van der Waals surface area contributed by atoms with Crippen LogP contribution in [0, 0.1) is 12.7 Å². The fourth-order valence-corrected chi connectivity index (χ4v) is 4.01. The van der Waals surface area contributed by atoms with E-state index in [0.717, 1.165) is 5.56 Å². The molecule has 1 heterocycles. The van der Waals surface area contributed by atoms with Gasteiger partial charge in [-0.05, 0) is 72.6 Å². The van der Waals surface area contributed by atoms with Crippen molar-refractivity contribution in [1.29, 1.82) is 0 Å². The molecule has 0 spiro atoms. The number of hydrogen-bond acceptors (Lipinski definition) is 5. The molecule has 1 unspecified atom stereocenters. The monoisotopic (exact) mass is 447 g/mol. The molecular formula is C26H22FNO5. The number of rotatable bonds is 5. The van der Waals surface area contributed by atoms with Crippen LogP contribution < -0.4 is 14.4 Å². The number of Topliss-reactive ketones (excluding diaryl/α,β-unsaturated/α-hetero) is 1. The minimum atomic E-state index is -0.937. The lowest BCUT2D eigenvalue weighted by Crippen LogP contribution is -2.29. The largest absolute Gasteiger partial charge is 0.507 e. The second-order valence-corrected chi connectivity index (χ2v) is 7.61. The summed E-state index contributed by atoms with van der Waals surface area (Å²) in [6, 6.07) is 16.2. The molecule has 1 aliphatic heterocycles. The highest BCUT2D eigenvalue weighted by atomic mass is 19.1. The van der Waals surface area contributed by atoms with Gasteiger partial charge in [-0.3, -0.25) is 14.5 Å². The van der Waals surface area contributed by atoms with Crippen molar-refractivity contribution in [1.82, 2.24) is 0 Å². The summed E-state index contributed by atoms with van der Waals surface area (Å²) in [6.45, 7) is 1.81. The highest BCUT2D eigenvalue weighted by Crippen LogP contribution is 2.43. The van der Waals surface area contributed by atoms with E-state index in [1.165, 1.54) is 36.3 Å². The first-order valence-electron chi connectivity index (χ1n) is 10.2. The molecule has 168 valence electrons. The van der Waals surface area contributed by atoms with Crippen molar-refractivity contribution < 1.29 is 28.6 Å². The Morgan fingerprint density at radius 2 is 1.70 bits per heavy atom. The predicted octanol–water partition coefficient (Wildman–Crippen LogP) is 4.78. The fourth-order valence-electron chi connectivity index (χ4n) is 4.01. The molecule has 3 aromatic carbocycles. The summed E-state index contributed by atoms with van der Waals surface area (Å²) >= 11 is 0. The Bertz CT molecular complexity index is 1270. The van der Waals surface area contributed by atoms with Gasteiger partial charge in [-0.15, -0.1) is 0 Å². The molecule has 1 fully saturated rings. The van der Waals surface area contributed by atoms with Crippen LogP contribution in [0.25, 0.3) is 5.76 Å². The molecular weight excluding hydrogens is 425 g/mol. The number of benzene rings is 3. The molecule has 6 nitrogen and oxygen atoms in total. The lowest BCUT2D eigenvalue weighted by Gasteiger charge is -2.25. The first-order chi connectivity index (χ1) is 15.8. The number of ether oxygens (including phenoxy) is 2. The van der Waals surface area contributed by atoms with Crippen LogP contribution in [0.5, 0.6) is 11.5 Å². The second kappa shape index (κ2) is 8.78. The number of methoxy groups -OCH3 is 2. The first kappa shape index (κ1) is 22.1. The molecule has 0 aliphatic carbocycles. The van der Waals surface area contributed by atoms with Gasteiger partial charge in [-0.2, -0.15) is 0 Å². The zero-order valence-electron chi connectivity index (χ0n) is 18.3. The molecule has 0 radical (unpaired) electrons. The standard InChI is InChI=1S/C26H22FNO5/c1-15-13-17(7-12-21(15)33-3)24(29)22-23(16-5-4-6-20(14-16)32-2)28(26(31)25(22)30)19-10-8-18(27)9-11-19/h4-14,23,29H,1-3H3/b24-22-. The van der Waals surface area contributed by atoms with Crippen molar-refractivity contribution in [2.24, 2.45) is 0 Å². The molecule has 4 rings (SSSR count). The number of hydrogen-bond donors (Lipinski definition) is 1. The lowest BCUT2D eigenvalue weighted by atomic mass is 9.94. The molecule has 1 saturated heterocycles. The van der Waals surface area contributed by atoms with E-state index >= 15 is 0 Å². The van der Waals surface area contributed by atoms with Crippen molar-refractivity contribution in [2.45, 2.75) is 13.0 Å². The zero-order valence-corrected chi connectivity index (χ0v) is 18.3. The number of anilines is 1. The van der Waals surface area contributed by atoms with Gasteiger partial charge in [0.25, 0.3) is 11.7 Å². The van der Waals surface area contributed by atoms with Crippen LogP contribution in [-0.2, 0) is 9.59 Å². The summed E-state index contributed by atoms with van der Waals surface area (Å²) < 4.78 is 24.1. The molecule has 7 heteroatoms. The predicted molar refractivity (Wildman–Crippen MR) is 122 cm³/mol. The number of halogens is 1. The molecule has 1 atom stereocenters. The van der Waals surface area contributed by atoms with Gasteiger partial charge in [-0.1, -0.05) is 12.1 Å². The number of aliphatic hydroxyl groups excluding tert-OH is 1. The van der Waals surface area contributed by atoms with Crippen molar-refractivity contribution >= 4 is 23.1 Å². The Hall–Kier alpha value is -4.13. The number of ketones is 1. The molecule has 0 bridgehead atoms. The van der Waals surface area contributed by atoms with Gasteiger partial charge in [0.15, 0.2) is 0 Å². The number of aliphatic hydroxyl groups is 1. The van der Waals surface area contributed by atoms with E-state index < -0.39 is 23.5 Å².